The van der Waals surface area contributed by atoms with E-state index in [1.165, 1.54) is 54.7 Å². The first kappa shape index (κ1) is 44.2. The van der Waals surface area contributed by atoms with Crippen molar-refractivity contribution in [3.63, 3.8) is 0 Å². The molecule has 1 spiro atoms. The van der Waals surface area contributed by atoms with Gasteiger partial charge in [-0.1, -0.05) is 165 Å². The van der Waals surface area contributed by atoms with E-state index in [0.29, 0.717) is 0 Å². The number of aryl methyl sites for hydroxylation is 2. The van der Waals surface area contributed by atoms with Crippen molar-refractivity contribution < 1.29 is 9.47 Å². The highest BCUT2D eigenvalue weighted by atomic mass is 16.7. The Labute approximate surface area is 343 Å². The molecule has 2 aliphatic rings. The Morgan fingerprint density at radius 1 is 0.333 bits per heavy atom. The summed E-state index contributed by atoms with van der Waals surface area (Å²) >= 11 is 0. The predicted octanol–water partition coefficient (Wildman–Crippen LogP) is 15.2. The number of nitrogens with zero attached hydrogens (tertiary/aromatic N) is 2. The molecule has 0 atom stereocenters. The van der Waals surface area contributed by atoms with E-state index in [-0.39, 0.29) is 10.8 Å². The molecule has 0 N–H and O–H groups in total. The van der Waals surface area contributed by atoms with Crippen molar-refractivity contribution in [1.29, 1.82) is 0 Å². The molecule has 0 aliphatic carbocycles. The number of ether oxygens (including phenoxy) is 2. The standard InChI is InChI=1S/C19H20O2.2C13H11N.4C2H6/c1-17(2)13-9-5-7-11-15(13)20-19(17)18(3,4)14-10-6-8-12-16(14)21-19;2*1-14-12-8-4-2-6-10(12)11-7-3-5-9-13(11)14;4*1-2/h5-12H,1-4H3;2*2-9H,1H3;4*1-2H3. The van der Waals surface area contributed by atoms with Crippen LogP contribution in [0.3, 0.4) is 0 Å². The summed E-state index contributed by atoms with van der Waals surface area (Å²) in [7, 11) is 4.23. The molecule has 2 aliphatic heterocycles. The fourth-order valence-corrected chi connectivity index (χ4v) is 8.36. The lowest BCUT2D eigenvalue weighted by molar-refractivity contribution is -0.169. The third kappa shape index (κ3) is 7.67. The van der Waals surface area contributed by atoms with Crippen molar-refractivity contribution in [2.45, 2.75) is 99.7 Å². The molecule has 4 heterocycles. The Bertz CT molecular complexity index is 2220. The summed E-state index contributed by atoms with van der Waals surface area (Å²) in [5.41, 5.74) is 7.17. The maximum absolute atomic E-state index is 6.45. The Morgan fingerprint density at radius 2 is 0.561 bits per heavy atom. The van der Waals surface area contributed by atoms with Gasteiger partial charge >= 0.3 is 0 Å². The second kappa shape index (κ2) is 19.1. The molecular weight excluding hydrogens is 697 g/mol. The van der Waals surface area contributed by atoms with Crippen LogP contribution in [0, 0.1) is 0 Å². The number of hydrogen-bond donors (Lipinski definition) is 0. The number of fused-ring (bicyclic) bond motifs is 8. The molecule has 0 bridgehead atoms. The molecule has 0 saturated carbocycles. The Kier molecular flexibility index (Phi) is 14.8. The van der Waals surface area contributed by atoms with Crippen molar-refractivity contribution in [2.75, 3.05) is 0 Å². The maximum atomic E-state index is 6.45. The summed E-state index contributed by atoms with van der Waals surface area (Å²) in [6, 6.07) is 50.6. The van der Waals surface area contributed by atoms with Crippen LogP contribution in [0.2, 0.25) is 0 Å². The van der Waals surface area contributed by atoms with Gasteiger partial charge in [0.15, 0.2) is 0 Å². The van der Waals surface area contributed by atoms with E-state index in [1.807, 2.05) is 79.7 Å². The second-order valence-electron chi connectivity index (χ2n) is 14.2. The molecule has 57 heavy (non-hydrogen) atoms. The van der Waals surface area contributed by atoms with E-state index in [1.54, 1.807) is 0 Å². The number of benzene rings is 6. The molecule has 10 rings (SSSR count). The largest absolute Gasteiger partial charge is 0.450 e. The molecule has 0 saturated heterocycles. The third-order valence-corrected chi connectivity index (χ3v) is 10.9. The molecule has 4 nitrogen and oxygen atoms in total. The van der Waals surface area contributed by atoms with Crippen molar-refractivity contribution in [3.8, 4) is 11.5 Å². The topological polar surface area (TPSA) is 28.3 Å². The van der Waals surface area contributed by atoms with Crippen molar-refractivity contribution in [3.05, 3.63) is 157 Å². The van der Waals surface area contributed by atoms with Crippen LogP contribution < -0.4 is 9.47 Å². The number of aromatic nitrogens is 2. The van der Waals surface area contributed by atoms with Gasteiger partial charge in [-0.2, -0.15) is 0 Å². The van der Waals surface area contributed by atoms with Crippen LogP contribution in [0.25, 0.3) is 43.6 Å². The van der Waals surface area contributed by atoms with Crippen LogP contribution in [0.1, 0.15) is 94.2 Å². The van der Waals surface area contributed by atoms with E-state index in [2.05, 4.69) is 172 Å². The van der Waals surface area contributed by atoms with E-state index >= 15 is 0 Å². The van der Waals surface area contributed by atoms with Crippen LogP contribution in [0.4, 0.5) is 0 Å². The monoisotopic (exact) mass is 763 g/mol. The zero-order chi connectivity index (χ0) is 42.0. The summed E-state index contributed by atoms with van der Waals surface area (Å²) in [6.45, 7) is 24.9. The van der Waals surface area contributed by atoms with Gasteiger partial charge in [0, 0.05) is 68.8 Å². The lowest BCUT2D eigenvalue weighted by atomic mass is 9.65. The molecule has 0 amide bonds. The van der Waals surface area contributed by atoms with E-state index in [0.717, 1.165) is 11.5 Å². The lowest BCUT2D eigenvalue weighted by Gasteiger charge is -2.44. The quantitative estimate of drug-likeness (QED) is 0.154. The molecule has 8 aromatic rings. The second-order valence-corrected chi connectivity index (χ2v) is 14.2. The smallest absolute Gasteiger partial charge is 0.269 e. The normalized spacial score (nSPS) is 14.1. The minimum atomic E-state index is -0.701. The lowest BCUT2D eigenvalue weighted by Crippen LogP contribution is -2.61. The summed E-state index contributed by atoms with van der Waals surface area (Å²) < 4.78 is 17.4. The van der Waals surface area contributed by atoms with Crippen molar-refractivity contribution in [2.24, 2.45) is 14.1 Å². The van der Waals surface area contributed by atoms with Gasteiger partial charge in [0.05, 0.1) is 10.8 Å². The number of para-hydroxylation sites is 6. The first-order valence-corrected chi connectivity index (χ1v) is 21.1. The highest BCUT2D eigenvalue weighted by Gasteiger charge is 2.69. The first-order chi connectivity index (χ1) is 27.7. The SMILES string of the molecule is CC.CC.CC.CC.CC1(C)c2ccccc2OC12Oc1ccccc1C2(C)C.Cn1c2ccccc2c2ccccc21.Cn1c2ccccc2c2ccccc21. The Morgan fingerprint density at radius 3 is 0.825 bits per heavy atom. The Hall–Kier alpha value is -5.48. The van der Waals surface area contributed by atoms with Crippen LogP contribution in [-0.4, -0.2) is 14.9 Å². The fraction of sp³-hybridized carbons (Fsp3) is 0.321. The van der Waals surface area contributed by atoms with Gasteiger partial charge in [-0.25, -0.2) is 0 Å². The van der Waals surface area contributed by atoms with Gasteiger partial charge in [0.25, 0.3) is 5.79 Å². The zero-order valence-electron chi connectivity index (χ0n) is 37.1. The molecule has 300 valence electrons. The number of hydrogen-bond acceptors (Lipinski definition) is 2. The van der Waals surface area contributed by atoms with Gasteiger partial charge in [0.2, 0.25) is 0 Å². The molecular formula is C53H66N2O2. The molecule has 2 aromatic heterocycles. The fourth-order valence-electron chi connectivity index (χ4n) is 8.36. The summed E-state index contributed by atoms with van der Waals surface area (Å²) in [4.78, 5) is 0. The first-order valence-electron chi connectivity index (χ1n) is 21.1. The van der Waals surface area contributed by atoms with Gasteiger partial charge in [-0.15, -0.1) is 0 Å². The van der Waals surface area contributed by atoms with Crippen LogP contribution in [0.15, 0.2) is 146 Å². The molecule has 4 heteroatoms. The van der Waals surface area contributed by atoms with Crippen LogP contribution in [-0.2, 0) is 24.9 Å². The van der Waals surface area contributed by atoms with Crippen molar-refractivity contribution in [1.82, 2.24) is 9.13 Å². The Balaban J connectivity index is 0.000000178. The highest BCUT2D eigenvalue weighted by molar-refractivity contribution is 6.08. The molecule has 0 radical (unpaired) electrons. The average molecular weight is 763 g/mol. The molecule has 6 aromatic carbocycles. The van der Waals surface area contributed by atoms with Crippen LogP contribution >= 0.6 is 0 Å². The van der Waals surface area contributed by atoms with Crippen molar-refractivity contribution >= 4 is 43.6 Å². The predicted molar refractivity (Wildman–Crippen MR) is 249 cm³/mol. The summed E-state index contributed by atoms with van der Waals surface area (Å²) in [5.74, 6) is 1.17. The zero-order valence-corrected chi connectivity index (χ0v) is 37.1. The maximum Gasteiger partial charge on any atom is 0.269 e. The minimum absolute atomic E-state index is 0.230. The number of rotatable bonds is 0. The van der Waals surface area contributed by atoms with Gasteiger partial charge in [-0.3, -0.25) is 0 Å². The highest BCUT2D eigenvalue weighted by Crippen LogP contribution is 2.61. The van der Waals surface area contributed by atoms with Gasteiger partial charge in [-0.05, 0) is 64.1 Å². The third-order valence-electron chi connectivity index (χ3n) is 10.9. The minimum Gasteiger partial charge on any atom is -0.450 e. The average Bonchev–Trinajstić information content (AvgIpc) is 3.90. The van der Waals surface area contributed by atoms with Crippen LogP contribution in [0.5, 0.6) is 11.5 Å². The van der Waals surface area contributed by atoms with Gasteiger partial charge < -0.3 is 18.6 Å². The molecule has 0 unspecified atom stereocenters. The summed E-state index contributed by atoms with van der Waals surface area (Å²) in [6.07, 6.45) is 0. The molecule has 0 fully saturated rings. The van der Waals surface area contributed by atoms with Gasteiger partial charge in [0.1, 0.15) is 11.5 Å². The van der Waals surface area contributed by atoms with E-state index in [9.17, 15) is 0 Å². The van der Waals surface area contributed by atoms with E-state index in [4.69, 9.17) is 9.47 Å². The summed E-state index contributed by atoms with van der Waals surface area (Å²) in [5, 5.41) is 5.35. The van der Waals surface area contributed by atoms with E-state index < -0.39 is 5.79 Å².